The van der Waals surface area contributed by atoms with Crippen molar-refractivity contribution in [2.24, 2.45) is 5.92 Å². The minimum Gasteiger partial charge on any atom is -0.490 e. The highest BCUT2D eigenvalue weighted by Crippen LogP contribution is 2.32. The molecule has 2 unspecified atom stereocenters. The Bertz CT molecular complexity index is 332. The van der Waals surface area contributed by atoms with Crippen molar-refractivity contribution in [2.45, 2.75) is 79.8 Å². The predicted octanol–water partition coefficient (Wildman–Crippen LogP) is 6.26. The Morgan fingerprint density at radius 2 is 1.75 bits per heavy atom. The molecule has 1 aromatic rings. The summed E-state index contributed by atoms with van der Waals surface area (Å²) in [6.45, 7) is 12.5. The second-order valence-electron chi connectivity index (χ2n) is 4.76. The molecule has 0 spiro atoms. The summed E-state index contributed by atoms with van der Waals surface area (Å²) in [5, 5.41) is 0. The summed E-state index contributed by atoms with van der Waals surface area (Å²) < 4.78 is 6.14. The summed E-state index contributed by atoms with van der Waals surface area (Å²) in [5.41, 5.74) is 1.38. The van der Waals surface area contributed by atoms with Crippen LogP contribution in [0.3, 0.4) is 0 Å². The van der Waals surface area contributed by atoms with Crippen LogP contribution in [0.4, 0.5) is 0 Å². The molecule has 0 saturated heterocycles. The molecule has 20 heavy (non-hydrogen) atoms. The van der Waals surface area contributed by atoms with Crippen molar-refractivity contribution in [1.29, 1.82) is 0 Å². The maximum absolute atomic E-state index is 6.14. The van der Waals surface area contributed by atoms with Crippen molar-refractivity contribution in [3.8, 4) is 5.75 Å². The van der Waals surface area contributed by atoms with Crippen LogP contribution in [0.1, 0.15) is 72.8 Å². The molecule has 0 amide bonds. The largest absolute Gasteiger partial charge is 0.490 e. The maximum atomic E-state index is 6.14. The monoisotopic (exact) mass is 278 g/mol. The van der Waals surface area contributed by atoms with Gasteiger partial charge in [-0.2, -0.15) is 0 Å². The Labute approximate surface area is 126 Å². The van der Waals surface area contributed by atoms with Crippen LogP contribution in [0.15, 0.2) is 24.3 Å². The predicted molar refractivity (Wildman–Crippen MR) is 90.6 cm³/mol. The fourth-order valence-electron chi connectivity index (χ4n) is 2.70. The van der Waals surface area contributed by atoms with E-state index in [9.17, 15) is 0 Å². The Morgan fingerprint density at radius 1 is 1.10 bits per heavy atom. The van der Waals surface area contributed by atoms with Crippen LogP contribution in [0.25, 0.3) is 0 Å². The van der Waals surface area contributed by atoms with Gasteiger partial charge in [-0.25, -0.2) is 0 Å². The van der Waals surface area contributed by atoms with Crippen molar-refractivity contribution in [2.75, 3.05) is 0 Å². The molecular weight excluding hydrogens is 244 g/mol. The molecule has 116 valence electrons. The van der Waals surface area contributed by atoms with Crippen LogP contribution in [0.2, 0.25) is 0 Å². The molecular formula is C19H34O. The zero-order valence-electron chi connectivity index (χ0n) is 14.4. The number of ether oxygens (including phenoxy) is 1. The SMILES string of the molecule is CC.CC.CCCC(CC)C1CCc2ccccc2O1. The van der Waals surface area contributed by atoms with Gasteiger partial charge in [0, 0.05) is 0 Å². The van der Waals surface area contributed by atoms with Gasteiger partial charge in [0.2, 0.25) is 0 Å². The second-order valence-corrected chi connectivity index (χ2v) is 4.76. The molecule has 0 radical (unpaired) electrons. The topological polar surface area (TPSA) is 9.23 Å². The molecule has 2 atom stereocenters. The van der Waals surface area contributed by atoms with Crippen molar-refractivity contribution in [3.05, 3.63) is 29.8 Å². The van der Waals surface area contributed by atoms with E-state index in [1.807, 2.05) is 27.7 Å². The van der Waals surface area contributed by atoms with Crippen molar-refractivity contribution in [1.82, 2.24) is 0 Å². The minimum absolute atomic E-state index is 0.444. The standard InChI is InChI=1S/C15H22O.2C2H6/c1-3-7-12(4-2)15-11-10-13-8-5-6-9-14(13)16-15;2*1-2/h5-6,8-9,12,15H,3-4,7,10-11H2,1-2H3;2*1-2H3. The lowest BCUT2D eigenvalue weighted by Crippen LogP contribution is -2.30. The van der Waals surface area contributed by atoms with Gasteiger partial charge in [-0.15, -0.1) is 0 Å². The van der Waals surface area contributed by atoms with Crippen molar-refractivity contribution < 1.29 is 4.74 Å². The quantitative estimate of drug-likeness (QED) is 0.631. The third-order valence-corrected chi connectivity index (χ3v) is 3.66. The van der Waals surface area contributed by atoms with E-state index in [0.717, 1.165) is 11.7 Å². The highest BCUT2D eigenvalue weighted by Gasteiger charge is 2.25. The summed E-state index contributed by atoms with van der Waals surface area (Å²) in [6, 6.07) is 8.47. The lowest BCUT2D eigenvalue weighted by atomic mass is 9.88. The number of hydrogen-bond donors (Lipinski definition) is 0. The third kappa shape index (κ3) is 5.56. The zero-order valence-corrected chi connectivity index (χ0v) is 14.4. The molecule has 0 N–H and O–H groups in total. The van der Waals surface area contributed by atoms with Gasteiger partial charge in [0.25, 0.3) is 0 Å². The van der Waals surface area contributed by atoms with E-state index in [-0.39, 0.29) is 0 Å². The van der Waals surface area contributed by atoms with E-state index in [1.165, 1.54) is 37.7 Å². The maximum Gasteiger partial charge on any atom is 0.122 e. The number of para-hydroxylation sites is 1. The first kappa shape index (κ1) is 19.0. The van der Waals surface area contributed by atoms with Gasteiger partial charge in [0.1, 0.15) is 11.9 Å². The normalized spacial score (nSPS) is 17.4. The Balaban J connectivity index is 0.000000829. The number of benzene rings is 1. The van der Waals surface area contributed by atoms with Crippen molar-refractivity contribution >= 4 is 0 Å². The minimum atomic E-state index is 0.444. The summed E-state index contributed by atoms with van der Waals surface area (Å²) in [5.74, 6) is 1.85. The van der Waals surface area contributed by atoms with Crippen LogP contribution in [-0.4, -0.2) is 6.10 Å². The highest BCUT2D eigenvalue weighted by molar-refractivity contribution is 5.35. The molecule has 0 bridgehead atoms. The third-order valence-electron chi connectivity index (χ3n) is 3.66. The molecule has 1 aliphatic heterocycles. The summed E-state index contributed by atoms with van der Waals surface area (Å²) in [6.07, 6.45) is 6.61. The number of aryl methyl sites for hydroxylation is 1. The van der Waals surface area contributed by atoms with Gasteiger partial charge >= 0.3 is 0 Å². The Kier molecular flexibility index (Phi) is 11.2. The van der Waals surface area contributed by atoms with Gasteiger partial charge in [0.05, 0.1) is 0 Å². The van der Waals surface area contributed by atoms with Gasteiger partial charge in [-0.1, -0.05) is 66.2 Å². The number of fused-ring (bicyclic) bond motifs is 1. The molecule has 0 fully saturated rings. The zero-order chi connectivity index (χ0) is 15.4. The van der Waals surface area contributed by atoms with Gasteiger partial charge in [-0.05, 0) is 43.2 Å². The molecule has 0 aliphatic carbocycles. The number of rotatable bonds is 4. The van der Waals surface area contributed by atoms with Crippen molar-refractivity contribution in [3.63, 3.8) is 0 Å². The molecule has 1 aromatic carbocycles. The van der Waals surface area contributed by atoms with Crippen LogP contribution >= 0.6 is 0 Å². The van der Waals surface area contributed by atoms with Gasteiger partial charge in [-0.3, -0.25) is 0 Å². The molecule has 2 rings (SSSR count). The fraction of sp³-hybridized carbons (Fsp3) is 0.684. The van der Waals surface area contributed by atoms with Crippen LogP contribution in [-0.2, 0) is 6.42 Å². The Morgan fingerprint density at radius 3 is 2.35 bits per heavy atom. The van der Waals surface area contributed by atoms with Crippen LogP contribution in [0, 0.1) is 5.92 Å². The van der Waals surface area contributed by atoms with Crippen LogP contribution in [0.5, 0.6) is 5.75 Å². The van der Waals surface area contributed by atoms with Gasteiger partial charge in [0.15, 0.2) is 0 Å². The van der Waals surface area contributed by atoms with E-state index in [4.69, 9.17) is 4.74 Å². The van der Waals surface area contributed by atoms with E-state index in [1.54, 1.807) is 0 Å². The molecule has 0 aromatic heterocycles. The first-order valence-electron chi connectivity index (χ1n) is 8.59. The Hall–Kier alpha value is -0.980. The molecule has 1 heterocycles. The fourth-order valence-corrected chi connectivity index (χ4v) is 2.70. The average molecular weight is 278 g/mol. The van der Waals surface area contributed by atoms with E-state index >= 15 is 0 Å². The lowest BCUT2D eigenvalue weighted by Gasteiger charge is -2.31. The number of hydrogen-bond acceptors (Lipinski definition) is 1. The van der Waals surface area contributed by atoms with Crippen LogP contribution < -0.4 is 4.74 Å². The highest BCUT2D eigenvalue weighted by atomic mass is 16.5. The summed E-state index contributed by atoms with van der Waals surface area (Å²) >= 11 is 0. The molecule has 1 aliphatic rings. The van der Waals surface area contributed by atoms with E-state index in [0.29, 0.717) is 6.10 Å². The molecule has 0 saturated carbocycles. The molecule has 1 heteroatoms. The first-order valence-corrected chi connectivity index (χ1v) is 8.59. The van der Waals surface area contributed by atoms with Gasteiger partial charge < -0.3 is 4.74 Å². The summed E-state index contributed by atoms with van der Waals surface area (Å²) in [4.78, 5) is 0. The summed E-state index contributed by atoms with van der Waals surface area (Å²) in [7, 11) is 0. The average Bonchev–Trinajstić information content (AvgIpc) is 2.56. The lowest BCUT2D eigenvalue weighted by molar-refractivity contribution is 0.102. The smallest absolute Gasteiger partial charge is 0.122 e. The van der Waals surface area contributed by atoms with E-state index < -0.39 is 0 Å². The molecule has 1 nitrogen and oxygen atoms in total. The van der Waals surface area contributed by atoms with E-state index in [2.05, 4.69) is 38.1 Å². The first-order chi connectivity index (χ1) is 9.85. The second kappa shape index (κ2) is 11.8.